The van der Waals surface area contributed by atoms with Crippen molar-refractivity contribution in [3.05, 3.63) is 50.2 Å². The van der Waals surface area contributed by atoms with Gasteiger partial charge in [0.1, 0.15) is 5.56 Å². The number of rotatable bonds is 2. The molecule has 1 aromatic carbocycles. The smallest absolute Gasteiger partial charge is 0.360 e. The highest BCUT2D eigenvalue weighted by molar-refractivity contribution is 7.15. The molecule has 1 amide bonds. The summed E-state index contributed by atoms with van der Waals surface area (Å²) in [5.41, 5.74) is -0.425. The Morgan fingerprint density at radius 2 is 2.04 bits per heavy atom. The van der Waals surface area contributed by atoms with Crippen LogP contribution in [0.4, 0.5) is 18.3 Å². The minimum Gasteiger partial charge on any atom is -0.360 e. The molecule has 2 heterocycles. The fourth-order valence-electron chi connectivity index (χ4n) is 1.92. The topological polar surface area (TPSA) is 87.7 Å². The zero-order valence-electron chi connectivity index (χ0n) is 11.4. The van der Waals surface area contributed by atoms with E-state index in [1.54, 1.807) is 0 Å². The normalized spacial score (nSPS) is 11.7. The third-order valence-corrected chi connectivity index (χ3v) is 4.09. The van der Waals surface area contributed by atoms with E-state index in [0.29, 0.717) is 10.5 Å². The quantitative estimate of drug-likeness (QED) is 0.720. The first-order valence-electron chi connectivity index (χ1n) is 6.29. The third kappa shape index (κ3) is 3.10. The van der Waals surface area contributed by atoms with Crippen LogP contribution in [0.5, 0.6) is 0 Å². The summed E-state index contributed by atoms with van der Waals surface area (Å²) in [6.45, 7) is 0. The van der Waals surface area contributed by atoms with Gasteiger partial charge in [0, 0.05) is 16.6 Å². The van der Waals surface area contributed by atoms with Crippen molar-refractivity contribution >= 4 is 44.9 Å². The average Bonchev–Trinajstić information content (AvgIpc) is 2.96. The third-order valence-electron chi connectivity index (χ3n) is 2.98. The summed E-state index contributed by atoms with van der Waals surface area (Å²) in [4.78, 5) is 27.1. The highest BCUT2D eigenvalue weighted by Crippen LogP contribution is 2.33. The molecule has 0 fully saturated rings. The van der Waals surface area contributed by atoms with Crippen molar-refractivity contribution in [1.29, 1.82) is 0 Å². The number of nitrogens with zero attached hydrogens (tertiary/aromatic N) is 2. The molecule has 6 nitrogen and oxygen atoms in total. The van der Waals surface area contributed by atoms with Gasteiger partial charge in [-0.05, 0) is 18.2 Å². The molecule has 0 spiro atoms. The molecular weight excluding hydrogens is 369 g/mol. The fourth-order valence-corrected chi connectivity index (χ4v) is 2.69. The van der Waals surface area contributed by atoms with Crippen LogP contribution in [0.3, 0.4) is 0 Å². The lowest BCUT2D eigenvalue weighted by atomic mass is 10.1. The maximum atomic E-state index is 12.5. The second-order valence-corrected chi connectivity index (χ2v) is 6.00. The summed E-state index contributed by atoms with van der Waals surface area (Å²) in [6.07, 6.45) is -3.50. The number of pyridine rings is 1. The molecule has 0 aliphatic carbocycles. The molecule has 3 aromatic rings. The maximum absolute atomic E-state index is 12.5. The van der Waals surface area contributed by atoms with Crippen LogP contribution in [0, 0.1) is 0 Å². The van der Waals surface area contributed by atoms with Crippen molar-refractivity contribution in [1.82, 2.24) is 15.2 Å². The number of carbonyl (C=O) groups is 1. The molecule has 11 heteroatoms. The number of amides is 1. The maximum Gasteiger partial charge on any atom is 0.445 e. The lowest BCUT2D eigenvalue weighted by molar-refractivity contribution is -0.138. The molecule has 0 saturated heterocycles. The van der Waals surface area contributed by atoms with Crippen LogP contribution >= 0.6 is 22.9 Å². The summed E-state index contributed by atoms with van der Waals surface area (Å²) in [5, 5.41) is 7.39. The van der Waals surface area contributed by atoms with E-state index in [4.69, 9.17) is 11.6 Å². The van der Waals surface area contributed by atoms with Crippen LogP contribution < -0.4 is 10.7 Å². The van der Waals surface area contributed by atoms with Crippen molar-refractivity contribution in [2.24, 2.45) is 0 Å². The van der Waals surface area contributed by atoms with E-state index >= 15 is 0 Å². The van der Waals surface area contributed by atoms with E-state index in [0.717, 1.165) is 6.20 Å². The molecule has 0 saturated carbocycles. The Balaban J connectivity index is 1.92. The lowest BCUT2D eigenvalue weighted by Crippen LogP contribution is -2.21. The van der Waals surface area contributed by atoms with Gasteiger partial charge >= 0.3 is 6.18 Å². The largest absolute Gasteiger partial charge is 0.445 e. The Kier molecular flexibility index (Phi) is 4.01. The van der Waals surface area contributed by atoms with Crippen LogP contribution in [0.2, 0.25) is 5.02 Å². The monoisotopic (exact) mass is 374 g/mol. The molecule has 3 rings (SSSR count). The number of alkyl halides is 3. The molecular formula is C13H6ClF3N4O2S. The summed E-state index contributed by atoms with van der Waals surface area (Å²) in [5.74, 6) is -0.891. The second kappa shape index (κ2) is 5.87. The number of anilines is 1. The van der Waals surface area contributed by atoms with Crippen LogP contribution in [-0.2, 0) is 6.18 Å². The number of carbonyl (C=O) groups excluding carboxylic acids is 1. The minimum atomic E-state index is -4.65. The molecule has 0 atom stereocenters. The molecule has 0 aliphatic rings. The Labute approximate surface area is 140 Å². The number of halogens is 4. The molecule has 2 aromatic heterocycles. The number of aromatic nitrogens is 3. The first kappa shape index (κ1) is 16.4. The zero-order valence-corrected chi connectivity index (χ0v) is 13.0. The molecule has 0 unspecified atom stereocenters. The predicted molar refractivity (Wildman–Crippen MR) is 82.4 cm³/mol. The number of H-pyrrole nitrogens is 1. The van der Waals surface area contributed by atoms with Crippen molar-refractivity contribution in [3.63, 3.8) is 0 Å². The second-order valence-electron chi connectivity index (χ2n) is 4.59. The Hall–Kier alpha value is -2.46. The fraction of sp³-hybridized carbons (Fsp3) is 0.0769. The van der Waals surface area contributed by atoms with Gasteiger partial charge in [-0.1, -0.05) is 22.9 Å². The van der Waals surface area contributed by atoms with Gasteiger partial charge in [-0.3, -0.25) is 14.9 Å². The molecule has 124 valence electrons. The average molecular weight is 375 g/mol. The van der Waals surface area contributed by atoms with Crippen molar-refractivity contribution < 1.29 is 18.0 Å². The van der Waals surface area contributed by atoms with E-state index in [2.05, 4.69) is 20.5 Å². The van der Waals surface area contributed by atoms with Gasteiger partial charge in [0.25, 0.3) is 5.91 Å². The van der Waals surface area contributed by atoms with Crippen LogP contribution in [0.15, 0.2) is 29.2 Å². The minimum absolute atomic E-state index is 0.165. The first-order chi connectivity index (χ1) is 11.3. The summed E-state index contributed by atoms with van der Waals surface area (Å²) in [7, 11) is 0. The first-order valence-corrected chi connectivity index (χ1v) is 7.48. The summed E-state index contributed by atoms with van der Waals surface area (Å²) in [6, 6.07) is 4.45. The van der Waals surface area contributed by atoms with Gasteiger partial charge < -0.3 is 4.98 Å². The molecule has 0 radical (unpaired) electrons. The Morgan fingerprint density at radius 1 is 1.29 bits per heavy atom. The molecule has 0 aliphatic heterocycles. The molecule has 0 bridgehead atoms. The van der Waals surface area contributed by atoms with Gasteiger partial charge in [-0.2, -0.15) is 13.2 Å². The van der Waals surface area contributed by atoms with E-state index in [9.17, 15) is 22.8 Å². The lowest BCUT2D eigenvalue weighted by Gasteiger charge is -2.03. The van der Waals surface area contributed by atoms with Crippen LogP contribution in [0.25, 0.3) is 10.9 Å². The SMILES string of the molecule is O=C(Nc1nnc(C(F)(F)F)s1)c1c[nH]c2cc(Cl)ccc2c1=O. The van der Waals surface area contributed by atoms with Crippen LogP contribution in [0.1, 0.15) is 15.4 Å². The molecule has 2 N–H and O–H groups in total. The summed E-state index contributed by atoms with van der Waals surface area (Å²) < 4.78 is 37.4. The van der Waals surface area contributed by atoms with Gasteiger partial charge in [0.05, 0.1) is 5.52 Å². The number of fused-ring (bicyclic) bond motifs is 1. The molecule has 24 heavy (non-hydrogen) atoms. The number of benzene rings is 1. The van der Waals surface area contributed by atoms with Crippen LogP contribution in [-0.4, -0.2) is 21.1 Å². The number of hydrogen-bond donors (Lipinski definition) is 2. The highest BCUT2D eigenvalue weighted by atomic mass is 35.5. The van der Waals surface area contributed by atoms with Crippen molar-refractivity contribution in [3.8, 4) is 0 Å². The summed E-state index contributed by atoms with van der Waals surface area (Å²) >= 11 is 5.98. The van der Waals surface area contributed by atoms with E-state index in [1.807, 2.05) is 0 Å². The Morgan fingerprint density at radius 3 is 2.71 bits per heavy atom. The highest BCUT2D eigenvalue weighted by Gasteiger charge is 2.35. The number of aromatic amines is 1. The number of nitrogens with one attached hydrogen (secondary N) is 2. The van der Waals surface area contributed by atoms with Gasteiger partial charge in [-0.25, -0.2) is 0 Å². The van der Waals surface area contributed by atoms with Crippen molar-refractivity contribution in [2.75, 3.05) is 5.32 Å². The number of hydrogen-bond acceptors (Lipinski definition) is 5. The standard InChI is InChI=1S/C13H6ClF3N4O2S/c14-5-1-2-6-8(3-5)18-4-7(9(6)22)10(23)19-12-21-20-11(24-12)13(15,16)17/h1-4H,(H,18,22)(H,19,21,23). The van der Waals surface area contributed by atoms with Crippen molar-refractivity contribution in [2.45, 2.75) is 6.18 Å². The Bertz CT molecular complexity index is 999. The van der Waals surface area contributed by atoms with Gasteiger partial charge in [0.2, 0.25) is 15.6 Å². The van der Waals surface area contributed by atoms with E-state index in [1.165, 1.54) is 18.2 Å². The van der Waals surface area contributed by atoms with Gasteiger partial charge in [0.15, 0.2) is 0 Å². The predicted octanol–water partition coefficient (Wildman–Crippen LogP) is 3.30. The zero-order chi connectivity index (χ0) is 17.5. The van der Waals surface area contributed by atoms with E-state index in [-0.39, 0.29) is 27.4 Å². The van der Waals surface area contributed by atoms with E-state index < -0.39 is 22.5 Å². The van der Waals surface area contributed by atoms with Gasteiger partial charge in [-0.15, -0.1) is 10.2 Å².